The van der Waals surface area contributed by atoms with Crippen molar-refractivity contribution in [3.8, 4) is 0 Å². The van der Waals surface area contributed by atoms with Crippen LogP contribution < -0.4 is 0 Å². The van der Waals surface area contributed by atoms with Gasteiger partial charge in [-0.2, -0.15) is 0 Å². The zero-order valence-corrected chi connectivity index (χ0v) is 12.0. The molecule has 0 saturated heterocycles. The predicted octanol–water partition coefficient (Wildman–Crippen LogP) is 2.84. The quantitative estimate of drug-likeness (QED) is 0.830. The first-order chi connectivity index (χ1) is 8.71. The van der Waals surface area contributed by atoms with Gasteiger partial charge in [-0.1, -0.05) is 36.4 Å². The van der Waals surface area contributed by atoms with Crippen LogP contribution in [0.5, 0.6) is 0 Å². The van der Waals surface area contributed by atoms with E-state index in [-0.39, 0.29) is 18.0 Å². The zero-order chi connectivity index (χ0) is 14.5. The van der Waals surface area contributed by atoms with Crippen molar-refractivity contribution in [2.75, 3.05) is 6.61 Å². The molecule has 1 rings (SSSR count). The van der Waals surface area contributed by atoms with Gasteiger partial charge in [0, 0.05) is 0 Å². The van der Waals surface area contributed by atoms with Crippen LogP contribution in [0.2, 0.25) is 0 Å². The summed E-state index contributed by atoms with van der Waals surface area (Å²) in [4.78, 5) is 11.9. The van der Waals surface area contributed by atoms with Gasteiger partial charge in [-0.25, -0.2) is 0 Å². The van der Waals surface area contributed by atoms with E-state index in [1.54, 1.807) is 6.08 Å². The van der Waals surface area contributed by atoms with Crippen LogP contribution in [0.3, 0.4) is 0 Å². The van der Waals surface area contributed by atoms with Gasteiger partial charge >= 0.3 is 0 Å². The fourth-order valence-electron chi connectivity index (χ4n) is 1.34. The minimum atomic E-state index is -1.50. The number of ether oxygens (including phenoxy) is 1. The molecule has 0 fully saturated rings. The number of rotatable bonds is 5. The number of ketones is 1. The Hall–Kier alpha value is -1.45. The van der Waals surface area contributed by atoms with Crippen LogP contribution in [0.4, 0.5) is 0 Å². The SMILES string of the molecule is CC(C)(C)OCC(C)(O)C(=O)/C=C/c1ccccc1. The molecule has 0 aliphatic heterocycles. The first kappa shape index (κ1) is 15.6. The zero-order valence-electron chi connectivity index (χ0n) is 12.0. The third-order valence-electron chi connectivity index (χ3n) is 2.54. The standard InChI is InChI=1S/C16H22O3/c1-15(2,3)19-12-16(4,18)14(17)11-10-13-8-6-5-7-9-13/h5-11,18H,12H2,1-4H3/b11-10+. The molecule has 0 aliphatic rings. The van der Waals surface area contributed by atoms with E-state index in [0.29, 0.717) is 0 Å². The highest BCUT2D eigenvalue weighted by atomic mass is 16.5. The average Bonchev–Trinajstić information content (AvgIpc) is 2.34. The maximum atomic E-state index is 11.9. The minimum absolute atomic E-state index is 0.0194. The summed E-state index contributed by atoms with van der Waals surface area (Å²) in [7, 11) is 0. The summed E-state index contributed by atoms with van der Waals surface area (Å²) in [5.74, 6) is -0.361. The number of hydrogen-bond acceptors (Lipinski definition) is 3. The Kier molecular flexibility index (Phi) is 5.04. The molecule has 0 amide bonds. The fraction of sp³-hybridized carbons (Fsp3) is 0.438. The van der Waals surface area contributed by atoms with Gasteiger partial charge in [0.25, 0.3) is 0 Å². The van der Waals surface area contributed by atoms with Crippen molar-refractivity contribution in [1.82, 2.24) is 0 Å². The van der Waals surface area contributed by atoms with E-state index < -0.39 is 5.60 Å². The Morgan fingerprint density at radius 3 is 2.32 bits per heavy atom. The molecule has 3 nitrogen and oxygen atoms in total. The lowest BCUT2D eigenvalue weighted by Gasteiger charge is -2.26. The third kappa shape index (κ3) is 5.81. The molecule has 0 aromatic heterocycles. The smallest absolute Gasteiger partial charge is 0.189 e. The molecule has 0 saturated carbocycles. The van der Waals surface area contributed by atoms with Crippen molar-refractivity contribution in [1.29, 1.82) is 0 Å². The Morgan fingerprint density at radius 2 is 1.79 bits per heavy atom. The minimum Gasteiger partial charge on any atom is -0.380 e. The summed E-state index contributed by atoms with van der Waals surface area (Å²) in [6.45, 7) is 7.10. The molecule has 1 atom stereocenters. The van der Waals surface area contributed by atoms with Crippen molar-refractivity contribution in [3.05, 3.63) is 42.0 Å². The van der Waals surface area contributed by atoms with Crippen LogP contribution >= 0.6 is 0 Å². The van der Waals surface area contributed by atoms with Crippen molar-refractivity contribution >= 4 is 11.9 Å². The van der Waals surface area contributed by atoms with E-state index >= 15 is 0 Å². The fourth-order valence-corrected chi connectivity index (χ4v) is 1.34. The van der Waals surface area contributed by atoms with E-state index in [9.17, 15) is 9.90 Å². The Labute approximate surface area is 114 Å². The van der Waals surface area contributed by atoms with E-state index in [1.165, 1.54) is 13.0 Å². The van der Waals surface area contributed by atoms with Crippen LogP contribution in [0, 0.1) is 0 Å². The molecule has 104 valence electrons. The molecule has 0 spiro atoms. The lowest BCUT2D eigenvalue weighted by atomic mass is 10.0. The monoisotopic (exact) mass is 262 g/mol. The first-order valence-electron chi connectivity index (χ1n) is 6.35. The normalized spacial score (nSPS) is 15.4. The molecule has 1 aromatic carbocycles. The highest BCUT2D eigenvalue weighted by Crippen LogP contribution is 2.14. The Balaban J connectivity index is 2.63. The number of hydrogen-bond donors (Lipinski definition) is 1. The summed E-state index contributed by atoms with van der Waals surface area (Å²) in [5, 5.41) is 10.1. The number of carbonyl (C=O) groups excluding carboxylic acids is 1. The largest absolute Gasteiger partial charge is 0.380 e. The number of aliphatic hydroxyl groups is 1. The number of carbonyl (C=O) groups is 1. The van der Waals surface area contributed by atoms with Crippen molar-refractivity contribution in [2.45, 2.75) is 38.9 Å². The first-order valence-corrected chi connectivity index (χ1v) is 6.35. The van der Waals surface area contributed by atoms with Gasteiger partial charge in [-0.05, 0) is 39.3 Å². The molecule has 1 unspecified atom stereocenters. The highest BCUT2D eigenvalue weighted by Gasteiger charge is 2.30. The lowest BCUT2D eigenvalue weighted by molar-refractivity contribution is -0.143. The van der Waals surface area contributed by atoms with Gasteiger partial charge in [0.1, 0.15) is 5.60 Å². The van der Waals surface area contributed by atoms with Crippen molar-refractivity contribution in [2.24, 2.45) is 0 Å². The van der Waals surface area contributed by atoms with Gasteiger partial charge in [0.2, 0.25) is 0 Å². The molecule has 1 N–H and O–H groups in total. The molecule has 19 heavy (non-hydrogen) atoms. The topological polar surface area (TPSA) is 46.5 Å². The van der Waals surface area contributed by atoms with Crippen LogP contribution in [0.1, 0.15) is 33.3 Å². The predicted molar refractivity (Wildman–Crippen MR) is 76.8 cm³/mol. The molecule has 1 aromatic rings. The van der Waals surface area contributed by atoms with Gasteiger partial charge in [-0.3, -0.25) is 4.79 Å². The second-order valence-corrected chi connectivity index (χ2v) is 5.78. The second kappa shape index (κ2) is 6.13. The highest BCUT2D eigenvalue weighted by molar-refractivity contribution is 5.99. The summed E-state index contributed by atoms with van der Waals surface area (Å²) in [6, 6.07) is 9.48. The summed E-state index contributed by atoms with van der Waals surface area (Å²) in [6.07, 6.45) is 3.08. The van der Waals surface area contributed by atoms with Gasteiger partial charge in [0.05, 0.1) is 12.2 Å². The summed E-state index contributed by atoms with van der Waals surface area (Å²) >= 11 is 0. The second-order valence-electron chi connectivity index (χ2n) is 5.78. The summed E-state index contributed by atoms with van der Waals surface area (Å²) in [5.41, 5.74) is -0.963. The Morgan fingerprint density at radius 1 is 1.21 bits per heavy atom. The molecule has 0 aliphatic carbocycles. The maximum Gasteiger partial charge on any atom is 0.189 e. The lowest BCUT2D eigenvalue weighted by Crippen LogP contribution is -2.41. The molecule has 0 radical (unpaired) electrons. The van der Waals surface area contributed by atoms with Gasteiger partial charge in [0.15, 0.2) is 5.78 Å². The van der Waals surface area contributed by atoms with Gasteiger partial charge < -0.3 is 9.84 Å². The van der Waals surface area contributed by atoms with E-state index in [0.717, 1.165) is 5.56 Å². The van der Waals surface area contributed by atoms with Crippen LogP contribution in [-0.4, -0.2) is 28.7 Å². The molecular formula is C16H22O3. The van der Waals surface area contributed by atoms with Crippen LogP contribution in [0.25, 0.3) is 6.08 Å². The van der Waals surface area contributed by atoms with Crippen molar-refractivity contribution < 1.29 is 14.6 Å². The van der Waals surface area contributed by atoms with Crippen molar-refractivity contribution in [3.63, 3.8) is 0 Å². The van der Waals surface area contributed by atoms with Crippen LogP contribution in [-0.2, 0) is 9.53 Å². The van der Waals surface area contributed by atoms with Crippen LogP contribution in [0.15, 0.2) is 36.4 Å². The van der Waals surface area contributed by atoms with Gasteiger partial charge in [-0.15, -0.1) is 0 Å². The summed E-state index contributed by atoms with van der Waals surface area (Å²) < 4.78 is 5.46. The molecule has 0 bridgehead atoms. The Bertz CT molecular complexity index is 439. The molecule has 0 heterocycles. The average molecular weight is 262 g/mol. The van der Waals surface area contributed by atoms with E-state index in [2.05, 4.69) is 0 Å². The van der Waals surface area contributed by atoms with E-state index in [4.69, 9.17) is 4.74 Å². The molecular weight excluding hydrogens is 240 g/mol. The number of benzene rings is 1. The maximum absolute atomic E-state index is 11.9. The molecule has 3 heteroatoms. The van der Waals surface area contributed by atoms with E-state index in [1.807, 2.05) is 51.1 Å². The third-order valence-corrected chi connectivity index (χ3v) is 2.54.